The van der Waals surface area contributed by atoms with Gasteiger partial charge in [-0.25, -0.2) is 0 Å². The number of hydrogen-bond donors (Lipinski definition) is 1. The largest absolute Gasteiger partial charge is 0.493 e. The van der Waals surface area contributed by atoms with Crippen LogP contribution in [-0.4, -0.2) is 25.7 Å². The van der Waals surface area contributed by atoms with Crippen LogP contribution >= 0.6 is 11.3 Å². The van der Waals surface area contributed by atoms with Crippen molar-refractivity contribution in [2.24, 2.45) is 0 Å². The number of methoxy groups -OCH3 is 1. The van der Waals surface area contributed by atoms with E-state index < -0.39 is 0 Å². The number of thiophene rings is 1. The van der Waals surface area contributed by atoms with Crippen molar-refractivity contribution in [2.75, 3.05) is 13.7 Å². The molecule has 0 atom stereocenters. The first-order valence-corrected chi connectivity index (χ1v) is 8.18. The molecule has 0 aliphatic carbocycles. The van der Waals surface area contributed by atoms with Gasteiger partial charge in [0.15, 0.2) is 11.5 Å². The topological polar surface area (TPSA) is 47.6 Å². The molecule has 0 radical (unpaired) electrons. The molecule has 0 saturated heterocycles. The zero-order valence-electron chi connectivity index (χ0n) is 13.1. The second kappa shape index (κ2) is 7.84. The van der Waals surface area contributed by atoms with Gasteiger partial charge in [0.05, 0.1) is 13.2 Å². The summed E-state index contributed by atoms with van der Waals surface area (Å²) in [5.41, 5.74) is 1.81. The van der Waals surface area contributed by atoms with Gasteiger partial charge in [-0.3, -0.25) is 4.79 Å². The van der Waals surface area contributed by atoms with Gasteiger partial charge >= 0.3 is 0 Å². The Hall–Kier alpha value is -2.01. The van der Waals surface area contributed by atoms with Crippen LogP contribution in [0.2, 0.25) is 0 Å². The van der Waals surface area contributed by atoms with E-state index in [2.05, 4.69) is 16.8 Å². The summed E-state index contributed by atoms with van der Waals surface area (Å²) in [5, 5.41) is 7.05. The van der Waals surface area contributed by atoms with Crippen molar-refractivity contribution >= 4 is 17.2 Å². The number of amides is 1. The Labute approximate surface area is 135 Å². The highest BCUT2D eigenvalue weighted by Gasteiger charge is 2.11. The summed E-state index contributed by atoms with van der Waals surface area (Å²) in [5.74, 6) is 1.11. The van der Waals surface area contributed by atoms with Crippen molar-refractivity contribution in [3.63, 3.8) is 0 Å². The molecule has 0 bridgehead atoms. The molecular formula is C17H21NO3S. The molecule has 0 aliphatic heterocycles. The van der Waals surface area contributed by atoms with E-state index in [1.807, 2.05) is 19.2 Å². The van der Waals surface area contributed by atoms with E-state index >= 15 is 0 Å². The van der Waals surface area contributed by atoms with Crippen LogP contribution in [-0.2, 0) is 6.42 Å². The van der Waals surface area contributed by atoms with Gasteiger partial charge in [-0.05, 0) is 60.9 Å². The molecule has 2 aromatic rings. The molecule has 1 aromatic heterocycles. The first kappa shape index (κ1) is 16.4. The molecule has 0 saturated carbocycles. The summed E-state index contributed by atoms with van der Waals surface area (Å²) in [6.07, 6.45) is 0.889. The van der Waals surface area contributed by atoms with E-state index in [4.69, 9.17) is 9.47 Å². The van der Waals surface area contributed by atoms with Crippen molar-refractivity contribution in [1.29, 1.82) is 0 Å². The van der Waals surface area contributed by atoms with Crippen LogP contribution < -0.4 is 14.8 Å². The summed E-state index contributed by atoms with van der Waals surface area (Å²) >= 11 is 1.66. The summed E-state index contributed by atoms with van der Waals surface area (Å²) in [7, 11) is 1.57. The second-order valence-corrected chi connectivity index (χ2v) is 5.95. The summed E-state index contributed by atoms with van der Waals surface area (Å²) in [6.45, 7) is 4.51. The molecule has 0 fully saturated rings. The number of rotatable bonds is 7. The van der Waals surface area contributed by atoms with E-state index in [0.29, 0.717) is 23.6 Å². The van der Waals surface area contributed by atoms with Crippen molar-refractivity contribution in [3.8, 4) is 11.5 Å². The molecule has 1 aromatic carbocycles. The first-order chi connectivity index (χ1) is 10.6. The highest BCUT2D eigenvalue weighted by atomic mass is 32.1. The molecule has 4 nitrogen and oxygen atoms in total. The fourth-order valence-electron chi connectivity index (χ4n) is 2.02. The zero-order chi connectivity index (χ0) is 15.9. The van der Waals surface area contributed by atoms with Crippen LogP contribution in [0.25, 0.3) is 0 Å². The number of carbonyl (C=O) groups is 1. The van der Waals surface area contributed by atoms with Gasteiger partial charge in [0.25, 0.3) is 5.91 Å². The molecule has 1 heterocycles. The third-order valence-corrected chi connectivity index (χ3v) is 3.80. The van der Waals surface area contributed by atoms with Crippen LogP contribution in [0.1, 0.15) is 29.8 Å². The Morgan fingerprint density at radius 2 is 2.09 bits per heavy atom. The SMILES string of the molecule is COc1cc(C(=O)NCCc2ccsc2)ccc1OC(C)C. The van der Waals surface area contributed by atoms with E-state index in [-0.39, 0.29) is 12.0 Å². The monoisotopic (exact) mass is 319 g/mol. The number of benzene rings is 1. The molecule has 0 spiro atoms. The quantitative estimate of drug-likeness (QED) is 0.849. The number of ether oxygens (including phenoxy) is 2. The minimum Gasteiger partial charge on any atom is -0.493 e. The van der Waals surface area contributed by atoms with Gasteiger partial charge in [0.2, 0.25) is 0 Å². The minimum absolute atomic E-state index is 0.0548. The molecule has 0 unspecified atom stereocenters. The fraction of sp³-hybridized carbons (Fsp3) is 0.353. The highest BCUT2D eigenvalue weighted by Crippen LogP contribution is 2.28. The molecular weight excluding hydrogens is 298 g/mol. The minimum atomic E-state index is -0.107. The highest BCUT2D eigenvalue weighted by molar-refractivity contribution is 7.07. The third-order valence-electron chi connectivity index (χ3n) is 3.07. The Kier molecular flexibility index (Phi) is 5.83. The van der Waals surface area contributed by atoms with Gasteiger partial charge in [0, 0.05) is 12.1 Å². The Balaban J connectivity index is 1.97. The molecule has 5 heteroatoms. The molecule has 2 rings (SSSR count). The van der Waals surface area contributed by atoms with Gasteiger partial charge in [0.1, 0.15) is 0 Å². The molecule has 1 amide bonds. The molecule has 0 aliphatic rings. The Morgan fingerprint density at radius 3 is 2.73 bits per heavy atom. The third kappa shape index (κ3) is 4.49. The average Bonchev–Trinajstić information content (AvgIpc) is 3.00. The van der Waals surface area contributed by atoms with Crippen LogP contribution in [0, 0.1) is 0 Å². The van der Waals surface area contributed by atoms with Gasteiger partial charge in [-0.15, -0.1) is 0 Å². The van der Waals surface area contributed by atoms with Crippen LogP contribution in [0.5, 0.6) is 11.5 Å². The molecule has 118 valence electrons. The smallest absolute Gasteiger partial charge is 0.251 e. The lowest BCUT2D eigenvalue weighted by atomic mass is 10.1. The van der Waals surface area contributed by atoms with Crippen molar-refractivity contribution in [3.05, 3.63) is 46.2 Å². The average molecular weight is 319 g/mol. The van der Waals surface area contributed by atoms with Gasteiger partial charge in [-0.2, -0.15) is 11.3 Å². The lowest BCUT2D eigenvalue weighted by Gasteiger charge is -2.14. The second-order valence-electron chi connectivity index (χ2n) is 5.17. The first-order valence-electron chi connectivity index (χ1n) is 7.24. The van der Waals surface area contributed by atoms with Gasteiger partial charge in [-0.1, -0.05) is 0 Å². The standard InChI is InChI=1S/C17H21NO3S/c1-12(2)21-15-5-4-14(10-16(15)20-3)17(19)18-8-6-13-7-9-22-11-13/h4-5,7,9-12H,6,8H2,1-3H3,(H,18,19). The zero-order valence-corrected chi connectivity index (χ0v) is 13.9. The summed E-state index contributed by atoms with van der Waals surface area (Å²) in [4.78, 5) is 12.2. The number of hydrogen-bond acceptors (Lipinski definition) is 4. The normalized spacial score (nSPS) is 10.5. The lowest BCUT2D eigenvalue weighted by Crippen LogP contribution is -2.25. The summed E-state index contributed by atoms with van der Waals surface area (Å²) < 4.78 is 10.9. The van der Waals surface area contributed by atoms with E-state index in [9.17, 15) is 4.79 Å². The predicted molar refractivity (Wildman–Crippen MR) is 89.1 cm³/mol. The van der Waals surface area contributed by atoms with Crippen molar-refractivity contribution < 1.29 is 14.3 Å². The predicted octanol–water partition coefficient (Wildman–Crippen LogP) is 3.52. The maximum atomic E-state index is 12.2. The lowest BCUT2D eigenvalue weighted by molar-refractivity contribution is 0.0953. The van der Waals surface area contributed by atoms with E-state index in [1.165, 1.54) is 5.56 Å². The van der Waals surface area contributed by atoms with Gasteiger partial charge < -0.3 is 14.8 Å². The maximum absolute atomic E-state index is 12.2. The summed E-state index contributed by atoms with van der Waals surface area (Å²) in [6, 6.07) is 7.29. The maximum Gasteiger partial charge on any atom is 0.251 e. The van der Waals surface area contributed by atoms with E-state index in [1.54, 1.807) is 36.6 Å². The number of nitrogens with one attached hydrogen (secondary N) is 1. The van der Waals surface area contributed by atoms with Crippen molar-refractivity contribution in [1.82, 2.24) is 5.32 Å². The fourth-order valence-corrected chi connectivity index (χ4v) is 2.72. The van der Waals surface area contributed by atoms with Crippen LogP contribution in [0.4, 0.5) is 0 Å². The number of carbonyl (C=O) groups excluding carboxylic acids is 1. The van der Waals surface area contributed by atoms with Crippen molar-refractivity contribution in [2.45, 2.75) is 26.4 Å². The molecule has 1 N–H and O–H groups in total. The molecule has 22 heavy (non-hydrogen) atoms. The Morgan fingerprint density at radius 1 is 1.27 bits per heavy atom. The van der Waals surface area contributed by atoms with Crippen LogP contribution in [0.15, 0.2) is 35.0 Å². The van der Waals surface area contributed by atoms with E-state index in [0.717, 1.165) is 6.42 Å². The van der Waals surface area contributed by atoms with Crippen LogP contribution in [0.3, 0.4) is 0 Å². The Bertz CT molecular complexity index is 608.